The lowest BCUT2D eigenvalue weighted by Gasteiger charge is -2.38. The van der Waals surface area contributed by atoms with Crippen molar-refractivity contribution in [2.24, 2.45) is 0 Å². The molecule has 7 heteroatoms. The molecule has 0 bridgehead atoms. The van der Waals surface area contributed by atoms with Crippen molar-refractivity contribution in [3.63, 3.8) is 0 Å². The summed E-state index contributed by atoms with van der Waals surface area (Å²) in [6.45, 7) is 3.56. The van der Waals surface area contributed by atoms with E-state index in [1.54, 1.807) is 30.3 Å². The third kappa shape index (κ3) is 3.28. The number of amides is 3. The predicted molar refractivity (Wildman–Crippen MR) is 80.6 cm³/mol. The quantitative estimate of drug-likeness (QED) is 0.865. The smallest absolute Gasteiger partial charge is 0.408 e. The van der Waals surface area contributed by atoms with E-state index in [-0.39, 0.29) is 24.5 Å². The number of halogens is 1. The molecular weight excluding hydrogens is 308 g/mol. The van der Waals surface area contributed by atoms with E-state index in [1.165, 1.54) is 0 Å². The van der Waals surface area contributed by atoms with Crippen molar-refractivity contribution in [1.82, 2.24) is 9.80 Å². The molecule has 2 rings (SSSR count). The molecule has 1 aliphatic rings. The molecule has 0 aromatic heterocycles. The molecule has 0 aliphatic carbocycles. The summed E-state index contributed by atoms with van der Waals surface area (Å²) in [5.74, 6) is -1.02. The van der Waals surface area contributed by atoms with E-state index in [0.717, 1.165) is 9.80 Å². The van der Waals surface area contributed by atoms with E-state index >= 15 is 0 Å². The Morgan fingerprint density at radius 1 is 1.27 bits per heavy atom. The van der Waals surface area contributed by atoms with Gasteiger partial charge in [0.05, 0.1) is 0 Å². The standard InChI is InChI=1S/C15H15ClN2O4/c1-10(16)9-12-14(20)18(8-7-17(12)15(21)22)13(19)11-5-3-2-4-6-11/h2-6,12H,1,7-9H2,(H,21,22). The third-order valence-electron chi connectivity index (χ3n) is 3.42. The first-order chi connectivity index (χ1) is 10.4. The van der Waals surface area contributed by atoms with Gasteiger partial charge in [-0.05, 0) is 12.1 Å². The van der Waals surface area contributed by atoms with Crippen LogP contribution >= 0.6 is 11.6 Å². The topological polar surface area (TPSA) is 77.9 Å². The van der Waals surface area contributed by atoms with Gasteiger partial charge in [0.15, 0.2) is 0 Å². The van der Waals surface area contributed by atoms with Crippen LogP contribution in [0.15, 0.2) is 41.9 Å². The molecule has 0 saturated carbocycles. The Hall–Kier alpha value is -2.34. The summed E-state index contributed by atoms with van der Waals surface area (Å²) in [6.07, 6.45) is -1.24. The molecule has 0 radical (unpaired) electrons. The van der Waals surface area contributed by atoms with E-state index in [4.69, 9.17) is 11.6 Å². The fourth-order valence-corrected chi connectivity index (χ4v) is 2.51. The van der Waals surface area contributed by atoms with Gasteiger partial charge in [0.2, 0.25) is 0 Å². The van der Waals surface area contributed by atoms with E-state index in [0.29, 0.717) is 5.56 Å². The zero-order valence-corrected chi connectivity index (χ0v) is 12.5. The molecule has 22 heavy (non-hydrogen) atoms. The lowest BCUT2D eigenvalue weighted by Crippen LogP contribution is -2.59. The van der Waals surface area contributed by atoms with Gasteiger partial charge in [-0.2, -0.15) is 0 Å². The van der Waals surface area contributed by atoms with Crippen LogP contribution in [-0.4, -0.2) is 51.9 Å². The van der Waals surface area contributed by atoms with Crippen LogP contribution in [0.25, 0.3) is 0 Å². The Morgan fingerprint density at radius 3 is 2.45 bits per heavy atom. The molecule has 1 aromatic rings. The molecule has 1 atom stereocenters. The van der Waals surface area contributed by atoms with Crippen molar-refractivity contribution in [2.75, 3.05) is 13.1 Å². The summed E-state index contributed by atoms with van der Waals surface area (Å²) in [7, 11) is 0. The highest BCUT2D eigenvalue weighted by Crippen LogP contribution is 2.21. The van der Waals surface area contributed by atoms with E-state index in [1.807, 2.05) is 0 Å². The first-order valence-corrected chi connectivity index (χ1v) is 7.03. The maximum Gasteiger partial charge on any atom is 0.408 e. The number of benzene rings is 1. The maximum atomic E-state index is 12.5. The van der Waals surface area contributed by atoms with Gasteiger partial charge in [-0.3, -0.25) is 19.4 Å². The Kier molecular flexibility index (Phi) is 4.82. The molecule has 1 aromatic carbocycles. The zero-order valence-electron chi connectivity index (χ0n) is 11.7. The van der Waals surface area contributed by atoms with Crippen molar-refractivity contribution < 1.29 is 19.5 Å². The fourth-order valence-electron chi connectivity index (χ4n) is 2.36. The fraction of sp³-hybridized carbons (Fsp3) is 0.267. The highest BCUT2D eigenvalue weighted by molar-refractivity contribution is 6.29. The lowest BCUT2D eigenvalue weighted by molar-refractivity contribution is -0.137. The van der Waals surface area contributed by atoms with Crippen molar-refractivity contribution >= 4 is 29.5 Å². The van der Waals surface area contributed by atoms with E-state index in [9.17, 15) is 19.5 Å². The Morgan fingerprint density at radius 2 is 1.91 bits per heavy atom. The molecule has 1 unspecified atom stereocenters. The second-order valence-corrected chi connectivity index (χ2v) is 5.41. The number of carbonyl (C=O) groups is 3. The van der Waals surface area contributed by atoms with Crippen LogP contribution in [0.2, 0.25) is 0 Å². The van der Waals surface area contributed by atoms with Gasteiger partial charge in [0.25, 0.3) is 11.8 Å². The number of piperazine rings is 1. The summed E-state index contributed by atoms with van der Waals surface area (Å²) in [5.41, 5.74) is 0.378. The molecule has 116 valence electrons. The second kappa shape index (κ2) is 6.62. The van der Waals surface area contributed by atoms with Gasteiger partial charge in [-0.25, -0.2) is 4.79 Å². The van der Waals surface area contributed by atoms with Gasteiger partial charge in [-0.1, -0.05) is 36.4 Å². The van der Waals surface area contributed by atoms with Crippen LogP contribution in [0.5, 0.6) is 0 Å². The molecule has 3 amide bonds. The Balaban J connectivity index is 2.25. The lowest BCUT2D eigenvalue weighted by atomic mass is 10.1. The summed E-state index contributed by atoms with van der Waals surface area (Å²) in [6, 6.07) is 7.35. The molecule has 1 fully saturated rings. The Labute approximate surface area is 132 Å². The predicted octanol–water partition coefficient (Wildman–Crippen LogP) is 2.16. The number of imide groups is 1. The van der Waals surface area contributed by atoms with Crippen LogP contribution in [-0.2, 0) is 4.79 Å². The van der Waals surface area contributed by atoms with Gasteiger partial charge < -0.3 is 5.11 Å². The normalized spacial score (nSPS) is 18.2. The van der Waals surface area contributed by atoms with Crippen molar-refractivity contribution in [2.45, 2.75) is 12.5 Å². The third-order valence-corrected chi connectivity index (χ3v) is 3.57. The van der Waals surface area contributed by atoms with Gasteiger partial charge in [0, 0.05) is 30.1 Å². The molecule has 0 spiro atoms. The molecule has 1 N–H and O–H groups in total. The molecule has 1 saturated heterocycles. The average molecular weight is 323 g/mol. The summed E-state index contributed by atoms with van der Waals surface area (Å²) >= 11 is 5.72. The summed E-state index contributed by atoms with van der Waals surface area (Å²) < 4.78 is 0. The Bertz CT molecular complexity index is 617. The summed E-state index contributed by atoms with van der Waals surface area (Å²) in [5, 5.41) is 9.34. The van der Waals surface area contributed by atoms with Crippen molar-refractivity contribution in [1.29, 1.82) is 0 Å². The summed E-state index contributed by atoms with van der Waals surface area (Å²) in [4.78, 5) is 38.2. The molecular formula is C15H15ClN2O4. The number of carboxylic acid groups (broad SMARTS) is 1. The second-order valence-electron chi connectivity index (χ2n) is 4.87. The largest absolute Gasteiger partial charge is 0.465 e. The number of hydrogen-bond acceptors (Lipinski definition) is 3. The molecule has 1 aliphatic heterocycles. The SMILES string of the molecule is C=C(Cl)CC1C(=O)N(C(=O)c2ccccc2)CCN1C(=O)O. The first-order valence-electron chi connectivity index (χ1n) is 6.65. The van der Waals surface area contributed by atoms with Crippen molar-refractivity contribution in [3.8, 4) is 0 Å². The molecule has 6 nitrogen and oxygen atoms in total. The van der Waals surface area contributed by atoms with Gasteiger partial charge in [0.1, 0.15) is 6.04 Å². The monoisotopic (exact) mass is 322 g/mol. The van der Waals surface area contributed by atoms with Gasteiger partial charge >= 0.3 is 6.09 Å². The minimum absolute atomic E-state index is 0.0180. The van der Waals surface area contributed by atoms with E-state index in [2.05, 4.69) is 6.58 Å². The van der Waals surface area contributed by atoms with Crippen molar-refractivity contribution in [3.05, 3.63) is 47.5 Å². The maximum absolute atomic E-state index is 12.5. The van der Waals surface area contributed by atoms with E-state index < -0.39 is 23.9 Å². The van der Waals surface area contributed by atoms with Crippen LogP contribution in [0.3, 0.4) is 0 Å². The minimum atomic E-state index is -1.22. The highest BCUT2D eigenvalue weighted by Gasteiger charge is 2.40. The van der Waals surface area contributed by atoms with Crippen LogP contribution < -0.4 is 0 Å². The van der Waals surface area contributed by atoms with Gasteiger partial charge in [-0.15, -0.1) is 0 Å². The molecule has 1 heterocycles. The van der Waals surface area contributed by atoms with Crippen LogP contribution in [0, 0.1) is 0 Å². The highest BCUT2D eigenvalue weighted by atomic mass is 35.5. The first kappa shape index (κ1) is 16.0. The van der Waals surface area contributed by atoms with Crippen LogP contribution in [0.1, 0.15) is 16.8 Å². The minimum Gasteiger partial charge on any atom is -0.465 e. The average Bonchev–Trinajstić information content (AvgIpc) is 2.48. The van der Waals surface area contributed by atoms with Crippen LogP contribution in [0.4, 0.5) is 4.79 Å². The zero-order chi connectivity index (χ0) is 16.3. The number of rotatable bonds is 3. The number of hydrogen-bond donors (Lipinski definition) is 1. The number of carbonyl (C=O) groups excluding carboxylic acids is 2. The number of nitrogens with zero attached hydrogens (tertiary/aromatic N) is 2.